The van der Waals surface area contributed by atoms with Crippen LogP contribution in [0.5, 0.6) is 0 Å². The zero-order valence-electron chi connectivity index (χ0n) is 15.0. The number of oxazole rings is 1. The first-order valence-electron chi connectivity index (χ1n) is 8.72. The Labute approximate surface area is 157 Å². The summed E-state index contributed by atoms with van der Waals surface area (Å²) in [5.74, 6) is 0.0167. The number of fused-ring (bicyclic) bond motifs is 1. The lowest BCUT2D eigenvalue weighted by Gasteiger charge is -2.32. The van der Waals surface area contributed by atoms with Gasteiger partial charge in [-0.05, 0) is 30.9 Å². The third-order valence-electron chi connectivity index (χ3n) is 4.68. The van der Waals surface area contributed by atoms with Crippen LogP contribution in [0.1, 0.15) is 19.3 Å². The fourth-order valence-corrected chi connectivity index (χ4v) is 3.37. The van der Waals surface area contributed by atoms with Gasteiger partial charge in [0.25, 0.3) is 6.01 Å². The van der Waals surface area contributed by atoms with Crippen molar-refractivity contribution in [1.29, 1.82) is 0 Å². The Bertz CT molecular complexity index is 807. The molecule has 3 rings (SSSR count). The van der Waals surface area contributed by atoms with Crippen molar-refractivity contribution in [3.63, 3.8) is 0 Å². The van der Waals surface area contributed by atoms with Crippen molar-refractivity contribution in [3.8, 4) is 0 Å². The van der Waals surface area contributed by atoms with E-state index in [1.54, 1.807) is 26.2 Å². The number of nitrogens with one attached hydrogen (secondary N) is 1. The van der Waals surface area contributed by atoms with E-state index >= 15 is 0 Å². The highest BCUT2D eigenvalue weighted by molar-refractivity contribution is 6.31. The third-order valence-corrected chi connectivity index (χ3v) is 4.91. The van der Waals surface area contributed by atoms with Gasteiger partial charge in [-0.3, -0.25) is 9.59 Å². The molecule has 2 aromatic rings. The number of nitrogens with zero attached hydrogens (tertiary/aromatic N) is 3. The molecule has 0 bridgehead atoms. The zero-order valence-corrected chi connectivity index (χ0v) is 15.8. The molecular weight excluding hydrogens is 356 g/mol. The molecule has 26 heavy (non-hydrogen) atoms. The van der Waals surface area contributed by atoms with Gasteiger partial charge in [0, 0.05) is 44.7 Å². The summed E-state index contributed by atoms with van der Waals surface area (Å²) in [6.07, 6.45) is 2.36. The number of halogens is 1. The van der Waals surface area contributed by atoms with Gasteiger partial charge in [0.05, 0.1) is 6.54 Å². The molecule has 2 amide bonds. The van der Waals surface area contributed by atoms with Gasteiger partial charge in [-0.25, -0.2) is 0 Å². The van der Waals surface area contributed by atoms with Gasteiger partial charge in [0.1, 0.15) is 5.52 Å². The van der Waals surface area contributed by atoms with E-state index in [1.807, 2.05) is 6.07 Å². The highest BCUT2D eigenvalue weighted by Gasteiger charge is 2.26. The third kappa shape index (κ3) is 4.27. The van der Waals surface area contributed by atoms with E-state index in [4.69, 9.17) is 16.0 Å². The van der Waals surface area contributed by atoms with Crippen LogP contribution in [0.4, 0.5) is 6.01 Å². The summed E-state index contributed by atoms with van der Waals surface area (Å²) < 4.78 is 5.84. The molecule has 8 heteroatoms. The molecule has 1 N–H and O–H groups in total. The van der Waals surface area contributed by atoms with Crippen molar-refractivity contribution in [1.82, 2.24) is 15.2 Å². The second kappa shape index (κ2) is 7.95. The minimum atomic E-state index is -0.170. The van der Waals surface area contributed by atoms with Crippen LogP contribution in [0.15, 0.2) is 22.6 Å². The Morgan fingerprint density at radius 1 is 1.46 bits per heavy atom. The zero-order chi connectivity index (χ0) is 18.7. The Kier molecular flexibility index (Phi) is 5.66. The summed E-state index contributed by atoms with van der Waals surface area (Å²) in [6.45, 7) is 1.64. The molecule has 0 aliphatic carbocycles. The van der Waals surface area contributed by atoms with E-state index in [0.717, 1.165) is 24.9 Å². The van der Waals surface area contributed by atoms with Gasteiger partial charge < -0.3 is 19.5 Å². The number of carbonyl (C=O) groups is 2. The summed E-state index contributed by atoms with van der Waals surface area (Å²) in [7, 11) is 3.22. The van der Waals surface area contributed by atoms with Gasteiger partial charge in [0.2, 0.25) is 11.8 Å². The minimum Gasteiger partial charge on any atom is -0.423 e. The van der Waals surface area contributed by atoms with Crippen LogP contribution in [-0.4, -0.2) is 55.4 Å². The number of hydrogen-bond acceptors (Lipinski definition) is 5. The van der Waals surface area contributed by atoms with E-state index in [0.29, 0.717) is 29.6 Å². The summed E-state index contributed by atoms with van der Waals surface area (Å²) in [4.78, 5) is 31.9. The first-order chi connectivity index (χ1) is 12.5. The molecule has 1 fully saturated rings. The molecule has 1 aromatic carbocycles. The normalized spacial score (nSPS) is 17.3. The van der Waals surface area contributed by atoms with E-state index in [2.05, 4.69) is 15.2 Å². The van der Waals surface area contributed by atoms with Crippen molar-refractivity contribution >= 4 is 40.5 Å². The highest BCUT2D eigenvalue weighted by Crippen LogP contribution is 2.29. The average Bonchev–Trinajstić information content (AvgIpc) is 3.04. The number of rotatable bonds is 5. The Balaban J connectivity index is 1.63. The Hall–Kier alpha value is -2.28. The summed E-state index contributed by atoms with van der Waals surface area (Å²) in [5, 5.41) is 3.14. The van der Waals surface area contributed by atoms with Gasteiger partial charge in [-0.15, -0.1) is 0 Å². The SMILES string of the molecule is CNC(=O)CN(C)C(=O)CC1CCCN(c2nc3ccc(Cl)cc3o2)C1. The topological polar surface area (TPSA) is 78.7 Å². The van der Waals surface area contributed by atoms with Crippen molar-refractivity contribution in [3.05, 3.63) is 23.2 Å². The predicted molar refractivity (Wildman–Crippen MR) is 100 cm³/mol. The van der Waals surface area contributed by atoms with Crippen molar-refractivity contribution in [2.45, 2.75) is 19.3 Å². The molecule has 0 saturated carbocycles. The van der Waals surface area contributed by atoms with Crippen molar-refractivity contribution in [2.24, 2.45) is 5.92 Å². The maximum Gasteiger partial charge on any atom is 0.298 e. The molecule has 1 aliphatic rings. The fraction of sp³-hybridized carbons (Fsp3) is 0.500. The van der Waals surface area contributed by atoms with Gasteiger partial charge in [0.15, 0.2) is 5.58 Å². The maximum atomic E-state index is 12.4. The van der Waals surface area contributed by atoms with Crippen LogP contribution in [0.2, 0.25) is 5.02 Å². The number of hydrogen-bond donors (Lipinski definition) is 1. The number of piperidine rings is 1. The van der Waals surface area contributed by atoms with E-state index in [-0.39, 0.29) is 24.3 Å². The van der Waals surface area contributed by atoms with Crippen LogP contribution in [-0.2, 0) is 9.59 Å². The largest absolute Gasteiger partial charge is 0.423 e. The Morgan fingerprint density at radius 2 is 2.27 bits per heavy atom. The molecule has 2 heterocycles. The van der Waals surface area contributed by atoms with Crippen molar-refractivity contribution < 1.29 is 14.0 Å². The summed E-state index contributed by atoms with van der Waals surface area (Å²) >= 11 is 6.00. The molecule has 1 saturated heterocycles. The average molecular weight is 379 g/mol. The number of likely N-dealkylation sites (N-methyl/N-ethyl adjacent to an activating group) is 2. The van der Waals surface area contributed by atoms with Crippen molar-refractivity contribution in [2.75, 3.05) is 38.6 Å². The fourth-order valence-electron chi connectivity index (χ4n) is 3.21. The number of carbonyl (C=O) groups excluding carboxylic acids is 2. The lowest BCUT2D eigenvalue weighted by Crippen LogP contribution is -2.41. The Morgan fingerprint density at radius 3 is 3.04 bits per heavy atom. The molecule has 0 spiro atoms. The summed E-state index contributed by atoms with van der Waals surface area (Å²) in [5.41, 5.74) is 1.43. The van der Waals surface area contributed by atoms with Crippen LogP contribution in [0, 0.1) is 5.92 Å². The second-order valence-corrected chi connectivity index (χ2v) is 7.13. The molecule has 7 nitrogen and oxygen atoms in total. The predicted octanol–water partition coefficient (Wildman–Crippen LogP) is 2.29. The van der Waals surface area contributed by atoms with Gasteiger partial charge in [-0.2, -0.15) is 4.98 Å². The smallest absolute Gasteiger partial charge is 0.298 e. The van der Waals surface area contributed by atoms with Crippen LogP contribution in [0.3, 0.4) is 0 Å². The van der Waals surface area contributed by atoms with E-state index in [9.17, 15) is 9.59 Å². The van der Waals surface area contributed by atoms with Crippen LogP contribution in [0.25, 0.3) is 11.1 Å². The van der Waals surface area contributed by atoms with E-state index < -0.39 is 0 Å². The molecule has 1 aliphatic heterocycles. The highest BCUT2D eigenvalue weighted by atomic mass is 35.5. The standard InChI is InChI=1S/C18H23ClN4O3/c1-20-16(24)11-22(2)17(25)8-12-4-3-7-23(10-12)18-21-14-6-5-13(19)9-15(14)26-18/h5-6,9,12H,3-4,7-8,10-11H2,1-2H3,(H,20,24). The number of anilines is 1. The first kappa shape index (κ1) is 18.5. The lowest BCUT2D eigenvalue weighted by atomic mass is 9.94. The molecule has 1 aromatic heterocycles. The van der Waals surface area contributed by atoms with Gasteiger partial charge in [-0.1, -0.05) is 11.6 Å². The molecule has 1 unspecified atom stereocenters. The minimum absolute atomic E-state index is 0.0233. The molecule has 1 atom stereocenters. The van der Waals surface area contributed by atoms with E-state index in [1.165, 1.54) is 4.90 Å². The molecule has 0 radical (unpaired) electrons. The summed E-state index contributed by atoms with van der Waals surface area (Å²) in [6, 6.07) is 5.95. The first-order valence-corrected chi connectivity index (χ1v) is 9.09. The van der Waals surface area contributed by atoms with Crippen LogP contribution < -0.4 is 10.2 Å². The quantitative estimate of drug-likeness (QED) is 0.863. The molecule has 140 valence electrons. The maximum absolute atomic E-state index is 12.4. The van der Waals surface area contributed by atoms with Crippen LogP contribution >= 0.6 is 11.6 Å². The number of benzene rings is 1. The number of aromatic nitrogens is 1. The van der Waals surface area contributed by atoms with Gasteiger partial charge >= 0.3 is 0 Å². The second-order valence-electron chi connectivity index (χ2n) is 6.69. The molecular formula is C18H23ClN4O3. The number of amides is 2. The lowest BCUT2D eigenvalue weighted by molar-refractivity contribution is -0.135. The monoisotopic (exact) mass is 378 g/mol.